The second-order valence-corrected chi connectivity index (χ2v) is 16.0. The van der Waals surface area contributed by atoms with Crippen molar-refractivity contribution in [1.82, 2.24) is 0 Å². The van der Waals surface area contributed by atoms with E-state index in [-0.39, 0.29) is 19.6 Å². The van der Waals surface area contributed by atoms with Gasteiger partial charge < -0.3 is 34.3 Å². The van der Waals surface area contributed by atoms with Gasteiger partial charge in [0.15, 0.2) is 6.29 Å². The summed E-state index contributed by atoms with van der Waals surface area (Å²) in [6.45, 7) is 4.00. The number of ether oxygens (including phenoxy) is 4. The standard InChI is InChI=1S/C40H78O12S/c1-3-5-7-9-11-13-15-17-19-21-23-25-27-29-36(42)50-34(32-48-30-28-26-24-22-20-18-16-14-12-10-8-6-4-2)33-49-40-38(44)39(52-53(45,46)47)37(43)35(31-41)51-40/h34-35,37-41,43-44H,3-33H2,1-2H3,(H,45,46,47)/t34-,35-,37+,38-,39+,40-/m1/s1. The summed E-state index contributed by atoms with van der Waals surface area (Å²) in [6.07, 6.45) is 22.8. The molecule has 0 saturated carbocycles. The SMILES string of the molecule is CCCCCCCCCCCCCCCOC[C@H](CO[C@@H]1O[C@H](CO)[C@H](O)[C@H](OS(=O)(=O)O)[C@H]1O)OC(=O)CCCCCCCCCCCCCCC. The van der Waals surface area contributed by atoms with Gasteiger partial charge in [-0.15, -0.1) is 0 Å². The van der Waals surface area contributed by atoms with Crippen molar-refractivity contribution >= 4 is 16.4 Å². The van der Waals surface area contributed by atoms with Gasteiger partial charge in [-0.1, -0.05) is 168 Å². The van der Waals surface area contributed by atoms with Crippen LogP contribution >= 0.6 is 0 Å². The van der Waals surface area contributed by atoms with E-state index in [4.69, 9.17) is 23.5 Å². The zero-order chi connectivity index (χ0) is 39.0. The molecule has 1 heterocycles. The van der Waals surface area contributed by atoms with E-state index >= 15 is 0 Å². The number of aliphatic hydroxyl groups excluding tert-OH is 3. The summed E-state index contributed by atoms with van der Waals surface area (Å²) in [4.78, 5) is 12.8. The number of carbonyl (C=O) groups excluding carboxylic acids is 1. The molecule has 0 aromatic heterocycles. The largest absolute Gasteiger partial charge is 0.457 e. The topological polar surface area (TPSA) is 178 Å². The lowest BCUT2D eigenvalue weighted by Gasteiger charge is -2.41. The summed E-state index contributed by atoms with van der Waals surface area (Å²) in [5.74, 6) is -0.396. The Morgan fingerprint density at radius 1 is 0.642 bits per heavy atom. The van der Waals surface area contributed by atoms with Crippen molar-refractivity contribution < 1.29 is 56.2 Å². The summed E-state index contributed by atoms with van der Waals surface area (Å²) in [7, 11) is -5.05. The van der Waals surface area contributed by atoms with E-state index in [1.165, 1.54) is 122 Å². The minimum absolute atomic E-state index is 0.0441. The highest BCUT2D eigenvalue weighted by Crippen LogP contribution is 2.26. The third kappa shape index (κ3) is 27.4. The van der Waals surface area contributed by atoms with Crippen LogP contribution in [0.15, 0.2) is 0 Å². The van der Waals surface area contributed by atoms with Gasteiger partial charge in [-0.25, -0.2) is 4.18 Å². The minimum atomic E-state index is -5.05. The molecule has 0 spiro atoms. The van der Waals surface area contributed by atoms with Crippen LogP contribution in [0.2, 0.25) is 0 Å². The molecule has 4 N–H and O–H groups in total. The Morgan fingerprint density at radius 3 is 1.51 bits per heavy atom. The molecule has 1 aliphatic heterocycles. The molecule has 0 amide bonds. The fraction of sp³-hybridized carbons (Fsp3) is 0.975. The van der Waals surface area contributed by atoms with Crippen LogP contribution in [-0.2, 0) is 38.3 Å². The first-order valence-corrected chi connectivity index (χ1v) is 22.7. The fourth-order valence-corrected chi connectivity index (χ4v) is 7.24. The number of aliphatic hydroxyl groups is 3. The lowest BCUT2D eigenvalue weighted by Crippen LogP contribution is -2.60. The molecule has 12 nitrogen and oxygen atoms in total. The average molecular weight is 783 g/mol. The van der Waals surface area contributed by atoms with Gasteiger partial charge in [-0.05, 0) is 12.8 Å². The van der Waals surface area contributed by atoms with Crippen LogP contribution in [0.4, 0.5) is 0 Å². The molecular formula is C40H78O12S. The predicted octanol–water partition coefficient (Wildman–Crippen LogP) is 8.13. The molecule has 0 unspecified atom stereocenters. The summed E-state index contributed by atoms with van der Waals surface area (Å²) >= 11 is 0. The molecule has 0 aliphatic carbocycles. The monoisotopic (exact) mass is 783 g/mol. The van der Waals surface area contributed by atoms with E-state index in [1.54, 1.807) is 0 Å². The molecule has 1 aliphatic rings. The lowest BCUT2D eigenvalue weighted by atomic mass is 9.99. The number of carbonyl (C=O) groups is 1. The van der Waals surface area contributed by atoms with Crippen LogP contribution in [0.5, 0.6) is 0 Å². The van der Waals surface area contributed by atoms with Crippen molar-refractivity contribution in [2.45, 2.75) is 224 Å². The maximum Gasteiger partial charge on any atom is 0.397 e. The average Bonchev–Trinajstić information content (AvgIpc) is 3.12. The number of esters is 1. The fourth-order valence-electron chi connectivity index (χ4n) is 6.73. The molecule has 316 valence electrons. The van der Waals surface area contributed by atoms with E-state index in [9.17, 15) is 28.5 Å². The Balaban J connectivity index is 2.46. The third-order valence-electron chi connectivity index (χ3n) is 9.98. The van der Waals surface area contributed by atoms with Crippen molar-refractivity contribution in [3.63, 3.8) is 0 Å². The van der Waals surface area contributed by atoms with E-state index < -0.39 is 59.8 Å². The van der Waals surface area contributed by atoms with E-state index in [2.05, 4.69) is 18.0 Å². The quantitative estimate of drug-likeness (QED) is 0.0271. The Hall–Kier alpha value is -0.900. The van der Waals surface area contributed by atoms with Gasteiger partial charge in [0.1, 0.15) is 30.5 Å². The zero-order valence-electron chi connectivity index (χ0n) is 33.3. The minimum Gasteiger partial charge on any atom is -0.457 e. The van der Waals surface area contributed by atoms with Gasteiger partial charge in [0, 0.05) is 13.0 Å². The van der Waals surface area contributed by atoms with Gasteiger partial charge in [0.05, 0.1) is 19.8 Å². The molecular weight excluding hydrogens is 704 g/mol. The van der Waals surface area contributed by atoms with Crippen LogP contribution in [0.3, 0.4) is 0 Å². The highest BCUT2D eigenvalue weighted by molar-refractivity contribution is 7.80. The smallest absolute Gasteiger partial charge is 0.397 e. The highest BCUT2D eigenvalue weighted by Gasteiger charge is 2.48. The number of rotatable bonds is 37. The number of unbranched alkanes of at least 4 members (excludes halogenated alkanes) is 24. The van der Waals surface area contributed by atoms with Crippen LogP contribution in [0.1, 0.15) is 187 Å². The maximum absolute atomic E-state index is 12.8. The molecule has 1 fully saturated rings. The normalized spacial score (nSPS) is 21.2. The Kier molecular flexibility index (Phi) is 31.5. The molecule has 53 heavy (non-hydrogen) atoms. The van der Waals surface area contributed by atoms with Gasteiger partial charge >= 0.3 is 16.4 Å². The molecule has 0 aromatic rings. The zero-order valence-corrected chi connectivity index (χ0v) is 34.2. The van der Waals surface area contributed by atoms with Crippen LogP contribution in [0.25, 0.3) is 0 Å². The maximum atomic E-state index is 12.8. The Morgan fingerprint density at radius 2 is 1.08 bits per heavy atom. The van der Waals surface area contributed by atoms with E-state index in [1.807, 2.05) is 0 Å². The second-order valence-electron chi connectivity index (χ2n) is 15.0. The van der Waals surface area contributed by atoms with Gasteiger partial charge in [-0.2, -0.15) is 8.42 Å². The highest BCUT2D eigenvalue weighted by atomic mass is 32.3. The molecule has 0 aromatic carbocycles. The van der Waals surface area contributed by atoms with E-state index in [0.29, 0.717) is 13.0 Å². The van der Waals surface area contributed by atoms with Crippen LogP contribution in [-0.4, -0.2) is 97.5 Å². The molecule has 1 saturated heterocycles. The molecule has 0 bridgehead atoms. The van der Waals surface area contributed by atoms with E-state index in [0.717, 1.165) is 38.5 Å². The first-order chi connectivity index (χ1) is 25.6. The predicted molar refractivity (Wildman–Crippen MR) is 207 cm³/mol. The van der Waals surface area contributed by atoms with Crippen molar-refractivity contribution in [3.8, 4) is 0 Å². The number of hydrogen-bond donors (Lipinski definition) is 4. The number of hydrogen-bond acceptors (Lipinski definition) is 11. The van der Waals surface area contributed by atoms with Gasteiger partial charge in [0.25, 0.3) is 0 Å². The first-order valence-electron chi connectivity index (χ1n) is 21.3. The lowest BCUT2D eigenvalue weighted by molar-refractivity contribution is -0.301. The van der Waals surface area contributed by atoms with Gasteiger partial charge in [-0.3, -0.25) is 9.35 Å². The summed E-state index contributed by atoms with van der Waals surface area (Å²) < 4.78 is 58.9. The van der Waals surface area contributed by atoms with Crippen molar-refractivity contribution in [3.05, 3.63) is 0 Å². The Labute approximate surface area is 322 Å². The molecule has 13 heteroatoms. The molecule has 0 radical (unpaired) electrons. The Bertz CT molecular complexity index is 952. The van der Waals surface area contributed by atoms with Crippen molar-refractivity contribution in [2.24, 2.45) is 0 Å². The van der Waals surface area contributed by atoms with Gasteiger partial charge in [0.2, 0.25) is 0 Å². The summed E-state index contributed by atoms with van der Waals surface area (Å²) in [5.41, 5.74) is 0. The summed E-state index contributed by atoms with van der Waals surface area (Å²) in [5, 5.41) is 30.6. The summed E-state index contributed by atoms with van der Waals surface area (Å²) in [6, 6.07) is 0. The van der Waals surface area contributed by atoms with Crippen molar-refractivity contribution in [2.75, 3.05) is 26.4 Å². The molecule has 6 atom stereocenters. The van der Waals surface area contributed by atoms with Crippen LogP contribution in [0, 0.1) is 0 Å². The van der Waals surface area contributed by atoms with Crippen LogP contribution < -0.4 is 0 Å². The molecule has 1 rings (SSSR count). The first kappa shape index (κ1) is 50.1. The second kappa shape index (κ2) is 33.3. The van der Waals surface area contributed by atoms with Crippen molar-refractivity contribution in [1.29, 1.82) is 0 Å². The third-order valence-corrected chi connectivity index (χ3v) is 10.4.